The summed E-state index contributed by atoms with van der Waals surface area (Å²) in [5.41, 5.74) is 3.20. The summed E-state index contributed by atoms with van der Waals surface area (Å²) in [5.74, 6) is 0.825. The highest BCUT2D eigenvalue weighted by atomic mass is 16.2. The topological polar surface area (TPSA) is 105 Å². The molecule has 3 aromatic rings. The number of aromatic nitrogens is 2. The Labute approximate surface area is 228 Å². The van der Waals surface area contributed by atoms with Crippen LogP contribution in [0.5, 0.6) is 0 Å². The lowest BCUT2D eigenvalue weighted by molar-refractivity contribution is -0.127. The minimum absolute atomic E-state index is 0.100. The number of likely N-dealkylation sites (tertiary alicyclic amines) is 1. The number of aryl methyl sites for hydroxylation is 1. The molecule has 0 unspecified atom stereocenters. The van der Waals surface area contributed by atoms with Crippen molar-refractivity contribution in [2.45, 2.75) is 57.9 Å². The number of aldehydes is 1. The van der Waals surface area contributed by atoms with Gasteiger partial charge in [0.25, 0.3) is 5.91 Å². The van der Waals surface area contributed by atoms with Crippen molar-refractivity contribution in [1.82, 2.24) is 14.5 Å². The van der Waals surface area contributed by atoms with Gasteiger partial charge in [-0.15, -0.1) is 0 Å². The number of benzene rings is 2. The highest BCUT2D eigenvalue weighted by Gasteiger charge is 2.23. The Hall–Kier alpha value is -4.01. The zero-order valence-corrected chi connectivity index (χ0v) is 22.4. The van der Waals surface area contributed by atoms with Crippen molar-refractivity contribution in [3.8, 4) is 0 Å². The van der Waals surface area contributed by atoms with E-state index in [0.29, 0.717) is 54.4 Å². The molecule has 0 spiro atoms. The number of carbonyl (C=O) groups is 4. The van der Waals surface area contributed by atoms with Crippen molar-refractivity contribution >= 4 is 46.7 Å². The molecule has 39 heavy (non-hydrogen) atoms. The summed E-state index contributed by atoms with van der Waals surface area (Å²) in [6.07, 6.45) is 8.15. The summed E-state index contributed by atoms with van der Waals surface area (Å²) in [7, 11) is 1.80. The molecule has 1 saturated carbocycles. The van der Waals surface area contributed by atoms with E-state index in [1.165, 1.54) is 12.8 Å². The summed E-state index contributed by atoms with van der Waals surface area (Å²) in [4.78, 5) is 57.3. The average molecular weight is 530 g/mol. The van der Waals surface area contributed by atoms with Crippen LogP contribution in [0.15, 0.2) is 42.5 Å². The van der Waals surface area contributed by atoms with Crippen LogP contribution in [0.4, 0.5) is 11.6 Å². The molecule has 2 fully saturated rings. The van der Waals surface area contributed by atoms with Crippen molar-refractivity contribution < 1.29 is 19.2 Å². The van der Waals surface area contributed by atoms with Gasteiger partial charge in [0.15, 0.2) is 0 Å². The number of fused-ring (bicyclic) bond motifs is 1. The van der Waals surface area contributed by atoms with Crippen LogP contribution in [0, 0.1) is 5.92 Å². The summed E-state index contributed by atoms with van der Waals surface area (Å²) >= 11 is 0. The zero-order chi connectivity index (χ0) is 27.4. The average Bonchev–Trinajstić information content (AvgIpc) is 3.69. The van der Waals surface area contributed by atoms with Gasteiger partial charge in [-0.05, 0) is 61.9 Å². The Balaban J connectivity index is 1.38. The van der Waals surface area contributed by atoms with Crippen LogP contribution in [0.3, 0.4) is 0 Å². The molecule has 0 radical (unpaired) electrons. The highest BCUT2D eigenvalue weighted by Crippen LogP contribution is 2.30. The van der Waals surface area contributed by atoms with E-state index in [4.69, 9.17) is 4.98 Å². The van der Waals surface area contributed by atoms with Gasteiger partial charge < -0.3 is 14.4 Å². The number of hydrogen-bond donors (Lipinski definition) is 1. The lowest BCUT2D eigenvalue weighted by atomic mass is 10.0. The second kappa shape index (κ2) is 11.8. The number of amides is 3. The number of nitrogens with one attached hydrogen (secondary N) is 1. The van der Waals surface area contributed by atoms with Crippen LogP contribution in [0.1, 0.15) is 72.1 Å². The second-order valence-electron chi connectivity index (χ2n) is 10.6. The normalized spacial score (nSPS) is 15.7. The van der Waals surface area contributed by atoms with E-state index in [-0.39, 0.29) is 17.7 Å². The van der Waals surface area contributed by atoms with Gasteiger partial charge in [0, 0.05) is 56.3 Å². The smallest absolute Gasteiger partial charge is 0.257 e. The Bertz CT molecular complexity index is 1370. The van der Waals surface area contributed by atoms with Crippen molar-refractivity contribution in [2.75, 3.05) is 30.4 Å². The van der Waals surface area contributed by atoms with Crippen molar-refractivity contribution in [3.05, 3.63) is 53.6 Å². The fraction of sp³-hybridized carbons (Fsp3) is 0.433. The first-order valence-electron chi connectivity index (χ1n) is 13.8. The highest BCUT2D eigenvalue weighted by molar-refractivity contribution is 6.04. The van der Waals surface area contributed by atoms with Gasteiger partial charge in [-0.25, -0.2) is 4.98 Å². The molecule has 2 heterocycles. The molecular formula is C30H35N5O4. The predicted octanol–water partition coefficient (Wildman–Crippen LogP) is 4.66. The molecule has 2 aromatic carbocycles. The van der Waals surface area contributed by atoms with Crippen molar-refractivity contribution in [1.29, 1.82) is 0 Å². The van der Waals surface area contributed by atoms with Crippen LogP contribution in [0.25, 0.3) is 11.0 Å². The lowest BCUT2D eigenvalue weighted by Crippen LogP contribution is -2.27. The molecule has 1 aromatic heterocycles. The number of carbonyl (C=O) groups excluding carboxylic acids is 4. The van der Waals surface area contributed by atoms with Gasteiger partial charge in [0.1, 0.15) is 6.29 Å². The van der Waals surface area contributed by atoms with Crippen LogP contribution in [-0.4, -0.2) is 58.6 Å². The van der Waals surface area contributed by atoms with E-state index in [9.17, 15) is 19.2 Å². The van der Waals surface area contributed by atoms with Crippen molar-refractivity contribution in [2.24, 2.45) is 5.92 Å². The number of rotatable bonds is 10. The van der Waals surface area contributed by atoms with E-state index in [2.05, 4.69) is 5.32 Å². The summed E-state index contributed by atoms with van der Waals surface area (Å²) < 4.78 is 1.96. The van der Waals surface area contributed by atoms with E-state index < -0.39 is 0 Å². The Morgan fingerprint density at radius 1 is 1.08 bits per heavy atom. The quantitative estimate of drug-likeness (QED) is 0.385. The molecule has 2 aliphatic rings. The molecule has 204 valence electrons. The summed E-state index contributed by atoms with van der Waals surface area (Å²) in [6, 6.07) is 12.2. The fourth-order valence-electron chi connectivity index (χ4n) is 5.64. The SMILES string of the molecule is CN(C(=O)CC1CCCC1)c1ccc2c(c1)nc(NC(=O)c1ccc(C=O)cc1)n2CCCN1CCCC1=O. The van der Waals surface area contributed by atoms with Crippen LogP contribution in [0.2, 0.25) is 0 Å². The largest absolute Gasteiger partial charge is 0.343 e. The maximum absolute atomic E-state index is 13.0. The number of anilines is 2. The maximum atomic E-state index is 13.0. The first-order chi connectivity index (χ1) is 18.9. The third-order valence-electron chi connectivity index (χ3n) is 7.95. The minimum Gasteiger partial charge on any atom is -0.343 e. The molecular weight excluding hydrogens is 494 g/mol. The maximum Gasteiger partial charge on any atom is 0.257 e. The first-order valence-corrected chi connectivity index (χ1v) is 13.8. The number of nitrogens with zero attached hydrogens (tertiary/aromatic N) is 4. The Kier molecular flexibility index (Phi) is 8.05. The summed E-state index contributed by atoms with van der Waals surface area (Å²) in [5, 5.41) is 2.92. The third-order valence-corrected chi connectivity index (χ3v) is 7.95. The lowest BCUT2D eigenvalue weighted by Gasteiger charge is -2.19. The number of hydrogen-bond acceptors (Lipinski definition) is 5. The molecule has 1 N–H and O–H groups in total. The molecule has 9 heteroatoms. The van der Waals surface area contributed by atoms with Crippen molar-refractivity contribution in [3.63, 3.8) is 0 Å². The molecule has 5 rings (SSSR count). The monoisotopic (exact) mass is 529 g/mol. The van der Waals surface area contributed by atoms with Crippen LogP contribution < -0.4 is 10.2 Å². The second-order valence-corrected chi connectivity index (χ2v) is 10.6. The predicted molar refractivity (Wildman–Crippen MR) is 150 cm³/mol. The molecule has 3 amide bonds. The van der Waals surface area contributed by atoms with Gasteiger partial charge in [0.2, 0.25) is 17.8 Å². The van der Waals surface area contributed by atoms with E-state index in [1.54, 1.807) is 36.2 Å². The third kappa shape index (κ3) is 6.02. The Morgan fingerprint density at radius 3 is 2.54 bits per heavy atom. The van der Waals surface area contributed by atoms with Gasteiger partial charge >= 0.3 is 0 Å². The zero-order valence-electron chi connectivity index (χ0n) is 22.4. The van der Waals surface area contributed by atoms with Crippen LogP contribution >= 0.6 is 0 Å². The van der Waals surface area contributed by atoms with E-state index in [1.807, 2.05) is 27.7 Å². The summed E-state index contributed by atoms with van der Waals surface area (Å²) in [6.45, 7) is 2.00. The molecule has 0 atom stereocenters. The van der Waals surface area contributed by atoms with Gasteiger partial charge in [0.05, 0.1) is 11.0 Å². The van der Waals surface area contributed by atoms with Gasteiger partial charge in [-0.3, -0.25) is 24.5 Å². The molecule has 1 saturated heterocycles. The molecule has 1 aliphatic heterocycles. The molecule has 9 nitrogen and oxygen atoms in total. The standard InChI is InChI=1S/C30H35N5O4/c1-33(28(38)18-21-6-2-3-7-21)24-13-14-26-25(19-24)31-30(32-29(39)23-11-9-22(20-36)10-12-23)35(26)17-5-16-34-15-4-8-27(34)37/h9-14,19-21H,2-8,15-18H2,1H3,(H,31,32,39). The van der Waals surface area contributed by atoms with Gasteiger partial charge in [-0.2, -0.15) is 0 Å². The van der Waals surface area contributed by atoms with Crippen LogP contribution in [-0.2, 0) is 16.1 Å². The molecule has 1 aliphatic carbocycles. The Morgan fingerprint density at radius 2 is 1.85 bits per heavy atom. The van der Waals surface area contributed by atoms with E-state index >= 15 is 0 Å². The molecule has 0 bridgehead atoms. The number of imidazole rings is 1. The first kappa shape index (κ1) is 26.6. The fourth-order valence-corrected chi connectivity index (χ4v) is 5.64. The minimum atomic E-state index is -0.331. The van der Waals surface area contributed by atoms with E-state index in [0.717, 1.165) is 49.7 Å². The van der Waals surface area contributed by atoms with Gasteiger partial charge in [-0.1, -0.05) is 25.0 Å².